The molecule has 1 unspecified atom stereocenters. The average molecular weight is 406 g/mol. The normalized spacial score (nSPS) is 17.6. The first kappa shape index (κ1) is 19.4. The number of hydrogen-bond acceptors (Lipinski definition) is 4. The monoisotopic (exact) mass is 406 g/mol. The molecule has 0 spiro atoms. The summed E-state index contributed by atoms with van der Waals surface area (Å²) >= 11 is 0. The lowest BCUT2D eigenvalue weighted by Crippen LogP contribution is -2.33. The van der Waals surface area contributed by atoms with E-state index >= 15 is 0 Å². The van der Waals surface area contributed by atoms with Crippen molar-refractivity contribution < 1.29 is 18.0 Å². The van der Waals surface area contributed by atoms with E-state index in [1.54, 1.807) is 43.3 Å². The van der Waals surface area contributed by atoms with Crippen molar-refractivity contribution in [2.45, 2.75) is 51.4 Å². The van der Waals surface area contributed by atoms with Crippen LogP contribution >= 0.6 is 0 Å². The Kier molecular flexibility index (Phi) is 4.79. The van der Waals surface area contributed by atoms with Crippen molar-refractivity contribution >= 4 is 11.6 Å². The zero-order chi connectivity index (χ0) is 20.8. The van der Waals surface area contributed by atoms with Crippen molar-refractivity contribution in [3.05, 3.63) is 47.7 Å². The number of hydrogen-bond donors (Lipinski definition) is 0. The van der Waals surface area contributed by atoms with E-state index in [2.05, 4.69) is 15.2 Å². The second kappa shape index (κ2) is 7.16. The van der Waals surface area contributed by atoms with Crippen LogP contribution < -0.4 is 0 Å². The molecule has 1 saturated heterocycles. The smallest absolute Gasteiger partial charge is 0.332 e. The maximum absolute atomic E-state index is 13.6. The molecule has 1 aliphatic heterocycles. The van der Waals surface area contributed by atoms with Crippen LogP contribution in [0.1, 0.15) is 55.7 Å². The van der Waals surface area contributed by atoms with E-state index in [1.165, 1.54) is 4.68 Å². The van der Waals surface area contributed by atoms with Crippen molar-refractivity contribution in [3.8, 4) is 0 Å². The third-order valence-corrected chi connectivity index (χ3v) is 5.12. The number of aromatic nitrogens is 5. The molecule has 4 rings (SSSR count). The van der Waals surface area contributed by atoms with Crippen LogP contribution in [-0.2, 0) is 17.5 Å². The Labute approximate surface area is 165 Å². The van der Waals surface area contributed by atoms with Gasteiger partial charge in [-0.1, -0.05) is 13.8 Å². The molecule has 1 atom stereocenters. The molecule has 29 heavy (non-hydrogen) atoms. The highest BCUT2D eigenvalue weighted by Gasteiger charge is 2.37. The Bertz CT molecular complexity index is 1020. The SMILES string of the molecule is CC(C)c1cc(C(F)(F)F)n2nc(C3CCCN3C(=O)Cn3cccn3)cc2n1. The lowest BCUT2D eigenvalue weighted by atomic mass is 10.1. The quantitative estimate of drug-likeness (QED) is 0.666. The predicted octanol–water partition coefficient (Wildman–Crippen LogP) is 3.43. The van der Waals surface area contributed by atoms with Gasteiger partial charge in [-0.05, 0) is 30.9 Å². The number of likely N-dealkylation sites (tertiary alicyclic amines) is 1. The van der Waals surface area contributed by atoms with Gasteiger partial charge in [0, 0.05) is 30.7 Å². The zero-order valence-corrected chi connectivity index (χ0v) is 16.1. The van der Waals surface area contributed by atoms with E-state index in [9.17, 15) is 18.0 Å². The Morgan fingerprint density at radius 1 is 1.31 bits per heavy atom. The Hall–Kier alpha value is -2.91. The second-order valence-corrected chi connectivity index (χ2v) is 7.51. The molecule has 154 valence electrons. The molecule has 3 aromatic heterocycles. The summed E-state index contributed by atoms with van der Waals surface area (Å²) in [6, 6.07) is 3.96. The minimum absolute atomic E-state index is 0.0837. The van der Waals surface area contributed by atoms with Crippen LogP contribution in [0.2, 0.25) is 0 Å². The molecule has 7 nitrogen and oxygen atoms in total. The molecule has 0 bridgehead atoms. The average Bonchev–Trinajstić information content (AvgIpc) is 3.38. The van der Waals surface area contributed by atoms with E-state index < -0.39 is 11.9 Å². The van der Waals surface area contributed by atoms with Crippen LogP contribution in [0.4, 0.5) is 13.2 Å². The van der Waals surface area contributed by atoms with Gasteiger partial charge in [-0.2, -0.15) is 23.4 Å². The molecule has 3 aromatic rings. The maximum Gasteiger partial charge on any atom is 0.433 e. The van der Waals surface area contributed by atoms with Gasteiger partial charge in [-0.3, -0.25) is 9.48 Å². The number of nitrogens with zero attached hydrogens (tertiary/aromatic N) is 6. The Balaban J connectivity index is 1.70. The summed E-state index contributed by atoms with van der Waals surface area (Å²) in [5.41, 5.74) is 0.0688. The van der Waals surface area contributed by atoms with Crippen LogP contribution in [0.3, 0.4) is 0 Å². The lowest BCUT2D eigenvalue weighted by Gasteiger charge is -2.23. The fourth-order valence-corrected chi connectivity index (χ4v) is 3.67. The summed E-state index contributed by atoms with van der Waals surface area (Å²) in [6.45, 7) is 4.21. The Morgan fingerprint density at radius 2 is 2.10 bits per heavy atom. The second-order valence-electron chi connectivity index (χ2n) is 7.51. The molecule has 1 fully saturated rings. The standard InChI is InChI=1S/C19H21F3N6O/c1-12(2)13-9-16(19(20,21)22)28-17(24-13)10-14(25-28)15-5-3-8-27(15)18(29)11-26-7-4-6-23-26/h4,6-7,9-10,12,15H,3,5,8,11H2,1-2H3. The summed E-state index contributed by atoms with van der Waals surface area (Å²) in [5, 5.41) is 8.25. The van der Waals surface area contributed by atoms with Crippen LogP contribution in [-0.4, -0.2) is 41.7 Å². The number of fused-ring (bicyclic) bond motifs is 1. The van der Waals surface area contributed by atoms with Crippen molar-refractivity contribution in [2.24, 2.45) is 0 Å². The molecule has 0 aliphatic carbocycles. The van der Waals surface area contributed by atoms with E-state index in [-0.39, 0.29) is 30.1 Å². The number of halogens is 3. The highest BCUT2D eigenvalue weighted by molar-refractivity contribution is 5.76. The maximum atomic E-state index is 13.6. The fraction of sp³-hybridized carbons (Fsp3) is 0.474. The van der Waals surface area contributed by atoms with Crippen LogP contribution in [0, 0.1) is 0 Å². The molecule has 10 heteroatoms. The van der Waals surface area contributed by atoms with E-state index in [0.29, 0.717) is 24.4 Å². The van der Waals surface area contributed by atoms with Gasteiger partial charge in [0.05, 0.1) is 11.7 Å². The predicted molar refractivity (Wildman–Crippen MR) is 98.0 cm³/mol. The number of alkyl halides is 3. The molecule has 4 heterocycles. The molecule has 0 saturated carbocycles. The van der Waals surface area contributed by atoms with E-state index in [1.807, 2.05) is 0 Å². The van der Waals surface area contributed by atoms with Gasteiger partial charge < -0.3 is 4.90 Å². The van der Waals surface area contributed by atoms with Crippen molar-refractivity contribution in [1.82, 2.24) is 29.3 Å². The Morgan fingerprint density at radius 3 is 2.76 bits per heavy atom. The topological polar surface area (TPSA) is 68.3 Å². The zero-order valence-electron chi connectivity index (χ0n) is 16.1. The molecule has 1 aliphatic rings. The van der Waals surface area contributed by atoms with Crippen molar-refractivity contribution in [3.63, 3.8) is 0 Å². The molecule has 1 amide bonds. The number of amides is 1. The number of rotatable bonds is 4. The van der Waals surface area contributed by atoms with Gasteiger partial charge in [0.25, 0.3) is 0 Å². The lowest BCUT2D eigenvalue weighted by molar-refractivity contribution is -0.143. The highest BCUT2D eigenvalue weighted by atomic mass is 19.4. The molecule has 0 radical (unpaired) electrons. The number of carbonyl (C=O) groups is 1. The summed E-state index contributed by atoms with van der Waals surface area (Å²) < 4.78 is 43.2. The molecular weight excluding hydrogens is 385 g/mol. The molecular formula is C19H21F3N6O. The highest BCUT2D eigenvalue weighted by Crippen LogP contribution is 2.35. The first-order valence-corrected chi connectivity index (χ1v) is 9.48. The first-order chi connectivity index (χ1) is 13.7. The van der Waals surface area contributed by atoms with Crippen LogP contribution in [0.25, 0.3) is 5.65 Å². The minimum Gasteiger partial charge on any atom is -0.332 e. The van der Waals surface area contributed by atoms with Crippen molar-refractivity contribution in [2.75, 3.05) is 6.54 Å². The summed E-state index contributed by atoms with van der Waals surface area (Å²) in [7, 11) is 0. The third kappa shape index (κ3) is 3.70. The summed E-state index contributed by atoms with van der Waals surface area (Å²) in [5.74, 6) is -0.293. The van der Waals surface area contributed by atoms with Crippen LogP contribution in [0.15, 0.2) is 30.6 Å². The first-order valence-electron chi connectivity index (χ1n) is 9.48. The summed E-state index contributed by atoms with van der Waals surface area (Å²) in [6.07, 6.45) is 0.140. The van der Waals surface area contributed by atoms with Crippen LogP contribution in [0.5, 0.6) is 0 Å². The van der Waals surface area contributed by atoms with Gasteiger partial charge >= 0.3 is 6.18 Å². The summed E-state index contributed by atoms with van der Waals surface area (Å²) in [4.78, 5) is 18.7. The molecule has 0 aromatic carbocycles. The van der Waals surface area contributed by atoms with E-state index in [4.69, 9.17) is 0 Å². The van der Waals surface area contributed by atoms with E-state index in [0.717, 1.165) is 17.0 Å². The largest absolute Gasteiger partial charge is 0.433 e. The van der Waals surface area contributed by atoms with Gasteiger partial charge in [0.1, 0.15) is 12.2 Å². The van der Waals surface area contributed by atoms with Crippen molar-refractivity contribution in [1.29, 1.82) is 0 Å². The van der Waals surface area contributed by atoms with Gasteiger partial charge in [-0.15, -0.1) is 0 Å². The fourth-order valence-electron chi connectivity index (χ4n) is 3.67. The van der Waals surface area contributed by atoms with Gasteiger partial charge in [0.15, 0.2) is 5.65 Å². The van der Waals surface area contributed by atoms with Gasteiger partial charge in [-0.25, -0.2) is 9.50 Å². The number of carbonyl (C=O) groups excluding carboxylic acids is 1. The third-order valence-electron chi connectivity index (χ3n) is 5.12. The minimum atomic E-state index is -4.56. The molecule has 0 N–H and O–H groups in total. The van der Waals surface area contributed by atoms with Gasteiger partial charge in [0.2, 0.25) is 5.91 Å².